The van der Waals surface area contributed by atoms with Gasteiger partial charge >= 0.3 is 5.97 Å². The summed E-state index contributed by atoms with van der Waals surface area (Å²) >= 11 is 0. The van der Waals surface area contributed by atoms with Gasteiger partial charge in [0.05, 0.1) is 6.04 Å². The summed E-state index contributed by atoms with van der Waals surface area (Å²) in [6.45, 7) is 7.83. The minimum Gasteiger partial charge on any atom is -0.492 e. The first-order chi connectivity index (χ1) is 12.4. The van der Waals surface area contributed by atoms with Crippen LogP contribution in [0.4, 0.5) is 0 Å². The average Bonchev–Trinajstić information content (AvgIpc) is 2.63. The number of nitrogens with zero attached hydrogens (tertiary/aromatic N) is 1. The number of hydrogen-bond acceptors (Lipinski definition) is 4. The maximum Gasteiger partial charge on any atom is 0.313 e. The van der Waals surface area contributed by atoms with Crippen molar-refractivity contribution in [1.29, 1.82) is 0 Å². The molecule has 2 rings (SSSR count). The summed E-state index contributed by atoms with van der Waals surface area (Å²) in [5.41, 5.74) is 6.11. The number of carboxylic acid groups (broad SMARTS) is 1. The van der Waals surface area contributed by atoms with Crippen LogP contribution in [0.3, 0.4) is 0 Å². The Morgan fingerprint density at radius 1 is 1.35 bits per heavy atom. The first-order valence-electron chi connectivity index (χ1n) is 9.39. The van der Waals surface area contributed by atoms with Crippen LogP contribution < -0.4 is 15.8 Å². The number of ether oxygens (including phenoxy) is 1. The number of nitrogens with two attached hydrogens (primary N) is 1. The standard InChI is InChI=1S/C20H31N3O3/c1-4-20(14(2)3,19(24)25)13-26-17-7-5-15(6-8-17)18(21)23-16-9-11-22-12-10-16/h5-8,14,16,22H,4,9-13H2,1-3H3,(H2,21,23)(H,24,25)/t20-/m1/s1. The third kappa shape index (κ3) is 4.75. The van der Waals surface area contributed by atoms with Gasteiger partial charge in [-0.3, -0.25) is 9.79 Å². The Labute approximate surface area is 155 Å². The molecule has 0 aromatic heterocycles. The number of rotatable bonds is 8. The summed E-state index contributed by atoms with van der Waals surface area (Å²) in [5, 5.41) is 12.9. The van der Waals surface area contributed by atoms with Crippen molar-refractivity contribution in [3.05, 3.63) is 29.8 Å². The number of hydrogen-bond donors (Lipinski definition) is 3. The van der Waals surface area contributed by atoms with Gasteiger partial charge in [0, 0.05) is 5.56 Å². The van der Waals surface area contributed by atoms with Gasteiger partial charge in [0.15, 0.2) is 0 Å². The molecule has 1 aliphatic heterocycles. The third-order valence-corrected chi connectivity index (χ3v) is 5.44. The van der Waals surface area contributed by atoms with Crippen LogP contribution in [0.15, 0.2) is 29.3 Å². The highest BCUT2D eigenvalue weighted by molar-refractivity contribution is 5.97. The molecule has 1 aliphatic rings. The SMILES string of the molecule is CC[C@](COc1ccc(C(N)=NC2CCNCC2)cc1)(C(=O)O)C(C)C. The molecule has 0 amide bonds. The molecule has 1 fully saturated rings. The molecule has 1 aromatic rings. The molecule has 0 radical (unpaired) electrons. The Morgan fingerprint density at radius 3 is 2.46 bits per heavy atom. The highest BCUT2D eigenvalue weighted by Gasteiger charge is 2.41. The number of aliphatic carboxylic acids is 1. The fraction of sp³-hybridized carbons (Fsp3) is 0.600. The molecule has 6 nitrogen and oxygen atoms in total. The molecular weight excluding hydrogens is 330 g/mol. The Kier molecular flexibility index (Phi) is 7.03. The Bertz CT molecular complexity index is 622. The Hall–Kier alpha value is -2.08. The zero-order chi connectivity index (χ0) is 19.2. The maximum atomic E-state index is 11.7. The van der Waals surface area contributed by atoms with E-state index in [4.69, 9.17) is 10.5 Å². The first kappa shape index (κ1) is 20.2. The largest absolute Gasteiger partial charge is 0.492 e. The summed E-state index contributed by atoms with van der Waals surface area (Å²) in [6, 6.07) is 7.67. The number of carbonyl (C=O) groups is 1. The van der Waals surface area contributed by atoms with Crippen LogP contribution in [-0.4, -0.2) is 42.6 Å². The van der Waals surface area contributed by atoms with Crippen molar-refractivity contribution >= 4 is 11.8 Å². The van der Waals surface area contributed by atoms with Crippen LogP contribution in [0.25, 0.3) is 0 Å². The van der Waals surface area contributed by atoms with Gasteiger partial charge in [-0.15, -0.1) is 0 Å². The predicted octanol–water partition coefficient (Wildman–Crippen LogP) is 2.66. The molecule has 4 N–H and O–H groups in total. The van der Waals surface area contributed by atoms with Crippen LogP contribution in [0.2, 0.25) is 0 Å². The zero-order valence-corrected chi connectivity index (χ0v) is 16.0. The van der Waals surface area contributed by atoms with E-state index < -0.39 is 11.4 Å². The quantitative estimate of drug-likeness (QED) is 0.488. The van der Waals surface area contributed by atoms with Crippen LogP contribution in [-0.2, 0) is 4.79 Å². The molecule has 0 saturated carbocycles. The van der Waals surface area contributed by atoms with Gasteiger partial charge in [-0.2, -0.15) is 0 Å². The molecule has 6 heteroatoms. The van der Waals surface area contributed by atoms with Crippen molar-refractivity contribution in [3.63, 3.8) is 0 Å². The molecule has 26 heavy (non-hydrogen) atoms. The van der Waals surface area contributed by atoms with Gasteiger partial charge in [-0.1, -0.05) is 20.8 Å². The van der Waals surface area contributed by atoms with Crippen molar-refractivity contribution in [2.75, 3.05) is 19.7 Å². The number of carboxylic acids is 1. The summed E-state index contributed by atoms with van der Waals surface area (Å²) in [4.78, 5) is 16.3. The molecule has 1 heterocycles. The van der Waals surface area contributed by atoms with Gasteiger partial charge in [0.2, 0.25) is 0 Å². The normalized spacial score (nSPS) is 18.5. The predicted molar refractivity (Wildman–Crippen MR) is 104 cm³/mol. The average molecular weight is 361 g/mol. The van der Waals surface area contributed by atoms with E-state index >= 15 is 0 Å². The number of nitrogens with one attached hydrogen (secondary N) is 1. The molecule has 1 atom stereocenters. The van der Waals surface area contributed by atoms with Crippen molar-refractivity contribution < 1.29 is 14.6 Å². The Balaban J connectivity index is 2.02. The van der Waals surface area contributed by atoms with Crippen molar-refractivity contribution in [2.45, 2.75) is 46.1 Å². The van der Waals surface area contributed by atoms with E-state index in [1.165, 1.54) is 0 Å². The molecule has 0 aliphatic carbocycles. The van der Waals surface area contributed by atoms with Crippen LogP contribution in [0.5, 0.6) is 5.75 Å². The fourth-order valence-electron chi connectivity index (χ4n) is 3.28. The third-order valence-electron chi connectivity index (χ3n) is 5.44. The van der Waals surface area contributed by atoms with E-state index in [1.807, 2.05) is 45.0 Å². The molecule has 1 saturated heterocycles. The number of piperidine rings is 1. The molecular formula is C20H31N3O3. The minimum atomic E-state index is -0.881. The smallest absolute Gasteiger partial charge is 0.313 e. The summed E-state index contributed by atoms with van der Waals surface area (Å²) < 4.78 is 5.80. The lowest BCUT2D eigenvalue weighted by atomic mass is 9.75. The van der Waals surface area contributed by atoms with Gasteiger partial charge < -0.3 is 20.9 Å². The topological polar surface area (TPSA) is 96.9 Å². The van der Waals surface area contributed by atoms with E-state index in [9.17, 15) is 9.90 Å². The highest BCUT2D eigenvalue weighted by Crippen LogP contribution is 2.33. The molecule has 0 bridgehead atoms. The van der Waals surface area contributed by atoms with Crippen molar-refractivity contribution in [1.82, 2.24) is 5.32 Å². The maximum absolute atomic E-state index is 11.7. The van der Waals surface area contributed by atoms with Gasteiger partial charge in [0.25, 0.3) is 0 Å². The number of amidine groups is 1. The van der Waals surface area contributed by atoms with E-state index in [0.29, 0.717) is 18.0 Å². The lowest BCUT2D eigenvalue weighted by Crippen LogP contribution is -2.41. The van der Waals surface area contributed by atoms with Crippen LogP contribution in [0, 0.1) is 11.3 Å². The van der Waals surface area contributed by atoms with Gasteiger partial charge in [-0.25, -0.2) is 0 Å². The number of aliphatic imine (C=N–C) groups is 1. The minimum absolute atomic E-state index is 0.0166. The van der Waals surface area contributed by atoms with E-state index in [2.05, 4.69) is 10.3 Å². The lowest BCUT2D eigenvalue weighted by molar-refractivity contribution is -0.154. The second-order valence-corrected chi connectivity index (χ2v) is 7.28. The molecule has 0 spiro atoms. The lowest BCUT2D eigenvalue weighted by Gasteiger charge is -2.32. The second kappa shape index (κ2) is 9.03. The number of benzene rings is 1. The highest BCUT2D eigenvalue weighted by atomic mass is 16.5. The van der Waals surface area contributed by atoms with Crippen molar-refractivity contribution in [2.24, 2.45) is 22.1 Å². The van der Waals surface area contributed by atoms with E-state index in [-0.39, 0.29) is 18.6 Å². The van der Waals surface area contributed by atoms with Crippen molar-refractivity contribution in [3.8, 4) is 5.75 Å². The monoisotopic (exact) mass is 361 g/mol. The molecule has 1 aromatic carbocycles. The fourth-order valence-corrected chi connectivity index (χ4v) is 3.28. The van der Waals surface area contributed by atoms with Gasteiger partial charge in [-0.05, 0) is 62.5 Å². The summed E-state index contributed by atoms with van der Waals surface area (Å²) in [5.74, 6) is 0.351. The Morgan fingerprint density at radius 2 is 1.96 bits per heavy atom. The second-order valence-electron chi connectivity index (χ2n) is 7.28. The first-order valence-corrected chi connectivity index (χ1v) is 9.39. The molecule has 0 unspecified atom stereocenters. The van der Waals surface area contributed by atoms with Gasteiger partial charge in [0.1, 0.15) is 23.6 Å². The van der Waals surface area contributed by atoms with E-state index in [0.717, 1.165) is 31.5 Å². The van der Waals surface area contributed by atoms with E-state index in [1.54, 1.807) is 0 Å². The molecule has 144 valence electrons. The van der Waals surface area contributed by atoms with Crippen LogP contribution >= 0.6 is 0 Å². The zero-order valence-electron chi connectivity index (χ0n) is 16.0. The summed E-state index contributed by atoms with van der Waals surface area (Å²) in [7, 11) is 0. The van der Waals surface area contributed by atoms with Crippen LogP contribution in [0.1, 0.15) is 45.6 Å². The summed E-state index contributed by atoms with van der Waals surface area (Å²) in [6.07, 6.45) is 2.53.